The molecule has 2 atom stereocenters. The first-order valence-corrected chi connectivity index (χ1v) is 10.6. The number of aromatic carboxylic acids is 1. The molecule has 2 bridgehead atoms. The summed E-state index contributed by atoms with van der Waals surface area (Å²) in [4.78, 5) is 17.2. The summed E-state index contributed by atoms with van der Waals surface area (Å²) in [6.07, 6.45) is 8.13. The molecule has 154 valence electrons. The van der Waals surface area contributed by atoms with Gasteiger partial charge in [0.1, 0.15) is 0 Å². The number of carboxylic acids is 1. The molecular formula is C25H25ClN2O2. The van der Waals surface area contributed by atoms with E-state index < -0.39 is 5.97 Å². The van der Waals surface area contributed by atoms with Crippen molar-refractivity contribution >= 4 is 34.0 Å². The van der Waals surface area contributed by atoms with Crippen molar-refractivity contribution in [3.05, 3.63) is 82.5 Å². The van der Waals surface area contributed by atoms with Gasteiger partial charge in [-0.05, 0) is 80.3 Å². The van der Waals surface area contributed by atoms with Crippen LogP contribution >= 0.6 is 11.6 Å². The number of aryl methyl sites for hydroxylation is 1. The second kappa shape index (κ2) is 8.58. The molecule has 2 unspecified atom stereocenters. The quantitative estimate of drug-likeness (QED) is 0.566. The van der Waals surface area contributed by atoms with Crippen molar-refractivity contribution in [2.45, 2.75) is 38.3 Å². The summed E-state index contributed by atoms with van der Waals surface area (Å²) in [6, 6.07) is 15.8. The molecule has 1 saturated heterocycles. The van der Waals surface area contributed by atoms with Crippen molar-refractivity contribution in [1.29, 1.82) is 0 Å². The number of halogens is 1. The number of carboxylic acid groups (broad SMARTS) is 1. The first kappa shape index (κ1) is 20.6. The highest BCUT2D eigenvalue weighted by molar-refractivity contribution is 6.31. The molecule has 1 fully saturated rings. The van der Waals surface area contributed by atoms with Gasteiger partial charge in [-0.15, -0.1) is 0 Å². The lowest BCUT2D eigenvalue weighted by Crippen LogP contribution is -2.34. The molecule has 4 nitrogen and oxygen atoms in total. The molecule has 0 radical (unpaired) electrons. The number of hydrogen-bond acceptors (Lipinski definition) is 3. The molecule has 0 aliphatic carbocycles. The second-order valence-electron chi connectivity index (χ2n) is 8.01. The van der Waals surface area contributed by atoms with E-state index in [0.717, 1.165) is 17.0 Å². The molecule has 1 N–H and O–H groups in total. The van der Waals surface area contributed by atoms with Gasteiger partial charge in [0.25, 0.3) is 0 Å². The molecule has 0 spiro atoms. The Bertz CT molecular complexity index is 1110. The Balaban J connectivity index is 0.000000204. The maximum absolute atomic E-state index is 10.2. The molecule has 3 heterocycles. The lowest BCUT2D eigenvalue weighted by atomic mass is 9.91. The fraction of sp³-hybridized carbons (Fsp3) is 0.280. The molecule has 2 aliphatic heterocycles. The van der Waals surface area contributed by atoms with Crippen molar-refractivity contribution in [2.75, 3.05) is 7.05 Å². The molecule has 1 aromatic heterocycles. The van der Waals surface area contributed by atoms with Gasteiger partial charge >= 0.3 is 5.97 Å². The Hall–Kier alpha value is -2.69. The van der Waals surface area contributed by atoms with Gasteiger partial charge in [0.2, 0.25) is 0 Å². The van der Waals surface area contributed by atoms with E-state index in [4.69, 9.17) is 16.7 Å². The molecule has 2 aliphatic rings. The maximum Gasteiger partial charge on any atom is 0.335 e. The van der Waals surface area contributed by atoms with E-state index in [1.165, 1.54) is 34.9 Å². The summed E-state index contributed by atoms with van der Waals surface area (Å²) in [7, 11) is 2.26. The Kier molecular flexibility index (Phi) is 5.89. The SMILES string of the molecule is Cc1cc(Cl)cc2nccc(C3=CC4CCC(C3)N4C)c12.O=C(O)c1ccccc1. The molecular weight excluding hydrogens is 396 g/mol. The fourth-order valence-electron chi connectivity index (χ4n) is 4.54. The molecule has 2 aromatic carbocycles. The Morgan fingerprint density at radius 3 is 2.60 bits per heavy atom. The van der Waals surface area contributed by atoms with Crippen LogP contribution in [0.5, 0.6) is 0 Å². The standard InChI is InChI=1S/C18H19ClN2.C7H6O2/c1-11-7-13(19)10-17-18(11)16(5-6-20-17)12-8-14-3-4-15(9-12)21(14)2;8-7(9)6-4-2-1-3-5-6/h5-8,10,14-15H,3-4,9H2,1-2H3;1-5H,(H,8,9). The topological polar surface area (TPSA) is 53.4 Å². The first-order valence-electron chi connectivity index (χ1n) is 10.2. The lowest BCUT2D eigenvalue weighted by molar-refractivity contribution is 0.0697. The Morgan fingerprint density at radius 2 is 1.93 bits per heavy atom. The van der Waals surface area contributed by atoms with Crippen LogP contribution in [0, 0.1) is 6.92 Å². The summed E-state index contributed by atoms with van der Waals surface area (Å²) in [5, 5.41) is 10.4. The van der Waals surface area contributed by atoms with E-state index in [9.17, 15) is 4.79 Å². The minimum absolute atomic E-state index is 0.331. The summed E-state index contributed by atoms with van der Waals surface area (Å²) < 4.78 is 0. The van der Waals surface area contributed by atoms with Crippen molar-refractivity contribution in [2.24, 2.45) is 0 Å². The van der Waals surface area contributed by atoms with Crippen LogP contribution in [0.4, 0.5) is 0 Å². The number of carbonyl (C=O) groups is 1. The predicted octanol–water partition coefficient (Wildman–Crippen LogP) is 5.83. The number of fused-ring (bicyclic) bond motifs is 3. The summed E-state index contributed by atoms with van der Waals surface area (Å²) in [5.74, 6) is -0.879. The maximum atomic E-state index is 10.2. The Labute approximate surface area is 181 Å². The molecule has 5 heteroatoms. The highest BCUT2D eigenvalue weighted by Crippen LogP contribution is 2.40. The fourth-order valence-corrected chi connectivity index (χ4v) is 4.81. The Morgan fingerprint density at radius 1 is 1.17 bits per heavy atom. The van der Waals surface area contributed by atoms with Crippen LogP contribution in [0.2, 0.25) is 5.02 Å². The summed E-state index contributed by atoms with van der Waals surface area (Å²) in [5.41, 5.74) is 5.38. The van der Waals surface area contributed by atoms with Crippen LogP contribution in [0.15, 0.2) is 60.8 Å². The normalized spacial score (nSPS) is 20.4. The number of aromatic nitrogens is 1. The average molecular weight is 421 g/mol. The predicted molar refractivity (Wildman–Crippen MR) is 122 cm³/mol. The molecule has 5 rings (SSSR count). The number of pyridine rings is 1. The van der Waals surface area contributed by atoms with Gasteiger partial charge in [-0.25, -0.2) is 4.79 Å². The third-order valence-corrected chi connectivity index (χ3v) is 6.33. The monoisotopic (exact) mass is 420 g/mol. The number of nitrogens with zero attached hydrogens (tertiary/aromatic N) is 2. The van der Waals surface area contributed by atoms with Crippen LogP contribution in [-0.4, -0.2) is 40.1 Å². The summed E-state index contributed by atoms with van der Waals surface area (Å²) >= 11 is 6.18. The van der Waals surface area contributed by atoms with Gasteiger partial charge in [0, 0.05) is 28.7 Å². The zero-order valence-corrected chi connectivity index (χ0v) is 17.9. The molecule has 0 amide bonds. The van der Waals surface area contributed by atoms with Crippen LogP contribution in [0.3, 0.4) is 0 Å². The highest BCUT2D eigenvalue weighted by atomic mass is 35.5. The minimum atomic E-state index is -0.879. The van der Waals surface area contributed by atoms with Gasteiger partial charge in [0.15, 0.2) is 0 Å². The van der Waals surface area contributed by atoms with E-state index >= 15 is 0 Å². The van der Waals surface area contributed by atoms with Crippen LogP contribution in [-0.2, 0) is 0 Å². The summed E-state index contributed by atoms with van der Waals surface area (Å²) in [6.45, 7) is 2.13. The largest absolute Gasteiger partial charge is 0.478 e. The van der Waals surface area contributed by atoms with Crippen LogP contribution in [0.1, 0.15) is 40.7 Å². The van der Waals surface area contributed by atoms with Crippen molar-refractivity contribution in [3.63, 3.8) is 0 Å². The van der Waals surface area contributed by atoms with Crippen molar-refractivity contribution in [1.82, 2.24) is 9.88 Å². The zero-order chi connectivity index (χ0) is 21.3. The number of benzene rings is 2. The highest BCUT2D eigenvalue weighted by Gasteiger charge is 2.34. The first-order chi connectivity index (χ1) is 14.4. The van der Waals surface area contributed by atoms with Gasteiger partial charge in [0.05, 0.1) is 11.1 Å². The number of hydrogen-bond donors (Lipinski definition) is 1. The van der Waals surface area contributed by atoms with Gasteiger partial charge < -0.3 is 5.11 Å². The lowest BCUT2D eigenvalue weighted by Gasteiger charge is -2.31. The van der Waals surface area contributed by atoms with E-state index in [2.05, 4.69) is 36.0 Å². The third kappa shape index (κ3) is 4.11. The minimum Gasteiger partial charge on any atom is -0.478 e. The average Bonchev–Trinajstić information content (AvgIpc) is 2.94. The second-order valence-corrected chi connectivity index (χ2v) is 8.44. The van der Waals surface area contributed by atoms with Gasteiger partial charge in [-0.1, -0.05) is 35.9 Å². The smallest absolute Gasteiger partial charge is 0.335 e. The zero-order valence-electron chi connectivity index (χ0n) is 17.2. The van der Waals surface area contributed by atoms with Gasteiger partial charge in [-0.2, -0.15) is 0 Å². The number of likely N-dealkylation sites (N-methyl/N-ethyl adjacent to an activating group) is 1. The van der Waals surface area contributed by atoms with Crippen molar-refractivity contribution in [3.8, 4) is 0 Å². The van der Waals surface area contributed by atoms with Crippen LogP contribution < -0.4 is 0 Å². The van der Waals surface area contributed by atoms with E-state index in [-0.39, 0.29) is 0 Å². The molecule has 0 saturated carbocycles. The van der Waals surface area contributed by atoms with E-state index in [1.54, 1.807) is 30.3 Å². The van der Waals surface area contributed by atoms with Gasteiger partial charge in [-0.3, -0.25) is 9.88 Å². The van der Waals surface area contributed by atoms with E-state index in [1.807, 2.05) is 18.3 Å². The van der Waals surface area contributed by atoms with E-state index in [0.29, 0.717) is 17.6 Å². The molecule has 3 aromatic rings. The van der Waals surface area contributed by atoms with Crippen molar-refractivity contribution < 1.29 is 9.90 Å². The third-order valence-electron chi connectivity index (χ3n) is 6.11. The van der Waals surface area contributed by atoms with Crippen LogP contribution in [0.25, 0.3) is 16.5 Å². The number of rotatable bonds is 2. The molecule has 30 heavy (non-hydrogen) atoms.